The summed E-state index contributed by atoms with van der Waals surface area (Å²) in [5.74, 6) is 0. The van der Waals surface area contributed by atoms with E-state index >= 15 is 0 Å². The molecule has 0 amide bonds. The number of hydrogen-bond acceptors (Lipinski definition) is 3. The van der Waals surface area contributed by atoms with Gasteiger partial charge in [-0.3, -0.25) is 10.1 Å². The number of nitrogens with zero attached hydrogens (tertiary/aromatic N) is 1. The van der Waals surface area contributed by atoms with Crippen LogP contribution in [0.25, 0.3) is 0 Å². The summed E-state index contributed by atoms with van der Waals surface area (Å²) in [6, 6.07) is 0. The monoisotopic (exact) mass is 142 g/mol. The van der Waals surface area contributed by atoms with Crippen LogP contribution in [-0.4, -0.2) is 4.92 Å². The van der Waals surface area contributed by atoms with E-state index in [0.717, 1.165) is 12.6 Å². The fourth-order valence-electron chi connectivity index (χ4n) is 0.449. The van der Waals surface area contributed by atoms with Crippen LogP contribution in [-0.2, 0) is 0 Å². The molecule has 0 aliphatic rings. The highest BCUT2D eigenvalue weighted by Crippen LogP contribution is 1.90. The Morgan fingerprint density at radius 1 is 1.40 bits per heavy atom. The first-order valence-corrected chi connectivity index (χ1v) is 2.94. The van der Waals surface area contributed by atoms with E-state index in [1.54, 1.807) is 6.08 Å². The number of allylic oxidation sites excluding steroid dienone is 2. The van der Waals surface area contributed by atoms with Crippen LogP contribution in [0.15, 0.2) is 24.6 Å². The summed E-state index contributed by atoms with van der Waals surface area (Å²) in [6.07, 6.45) is 7.03. The average Bonchev–Trinajstić information content (AvgIpc) is 1.87. The SMILES string of the molecule is N/C=C/CC/C=C/[N+](=O)[O-]. The summed E-state index contributed by atoms with van der Waals surface area (Å²) in [5, 5.41) is 9.71. The van der Waals surface area contributed by atoms with Crippen LogP contribution in [0.3, 0.4) is 0 Å². The van der Waals surface area contributed by atoms with Gasteiger partial charge >= 0.3 is 0 Å². The highest BCUT2D eigenvalue weighted by Gasteiger charge is 1.82. The Labute approximate surface area is 59.2 Å². The third kappa shape index (κ3) is 6.68. The van der Waals surface area contributed by atoms with Gasteiger partial charge in [0.2, 0.25) is 6.20 Å². The molecule has 0 bridgehead atoms. The van der Waals surface area contributed by atoms with Crippen molar-refractivity contribution in [3.63, 3.8) is 0 Å². The summed E-state index contributed by atoms with van der Waals surface area (Å²) >= 11 is 0. The molecule has 0 radical (unpaired) electrons. The maximum absolute atomic E-state index is 9.71. The van der Waals surface area contributed by atoms with Crippen LogP contribution in [0.2, 0.25) is 0 Å². The van der Waals surface area contributed by atoms with Crippen LogP contribution in [0.1, 0.15) is 12.8 Å². The third-order valence-corrected chi connectivity index (χ3v) is 0.863. The number of hydrogen-bond donors (Lipinski definition) is 1. The highest BCUT2D eigenvalue weighted by atomic mass is 16.6. The molecule has 56 valence electrons. The first kappa shape index (κ1) is 8.68. The van der Waals surface area contributed by atoms with E-state index in [0.29, 0.717) is 6.42 Å². The van der Waals surface area contributed by atoms with Gasteiger partial charge in [-0.2, -0.15) is 0 Å². The lowest BCUT2D eigenvalue weighted by molar-refractivity contribution is -0.402. The van der Waals surface area contributed by atoms with E-state index in [1.165, 1.54) is 12.3 Å². The van der Waals surface area contributed by atoms with E-state index in [-0.39, 0.29) is 0 Å². The standard InChI is InChI=1S/C6H10N2O2/c7-5-3-1-2-4-6-8(9)10/h3-6H,1-2,7H2/b5-3+,6-4+. The first-order chi connectivity index (χ1) is 4.77. The molecule has 0 atom stereocenters. The molecular weight excluding hydrogens is 132 g/mol. The highest BCUT2D eigenvalue weighted by molar-refractivity contribution is 4.81. The van der Waals surface area contributed by atoms with Gasteiger partial charge < -0.3 is 5.73 Å². The lowest BCUT2D eigenvalue weighted by Crippen LogP contribution is -1.81. The zero-order valence-corrected chi connectivity index (χ0v) is 5.56. The van der Waals surface area contributed by atoms with Crippen LogP contribution in [0, 0.1) is 10.1 Å². The molecule has 10 heavy (non-hydrogen) atoms. The van der Waals surface area contributed by atoms with Gasteiger partial charge in [0.15, 0.2) is 0 Å². The summed E-state index contributed by atoms with van der Waals surface area (Å²) in [6.45, 7) is 0. The molecule has 0 rings (SSSR count). The Hall–Kier alpha value is -1.32. The average molecular weight is 142 g/mol. The van der Waals surface area contributed by atoms with Crippen molar-refractivity contribution >= 4 is 0 Å². The van der Waals surface area contributed by atoms with Gasteiger partial charge in [0.1, 0.15) is 0 Å². The maximum Gasteiger partial charge on any atom is 0.230 e. The zero-order chi connectivity index (χ0) is 7.82. The molecule has 0 aromatic carbocycles. The van der Waals surface area contributed by atoms with Crippen LogP contribution >= 0.6 is 0 Å². The van der Waals surface area contributed by atoms with Crippen molar-refractivity contribution in [2.75, 3.05) is 0 Å². The predicted octanol–water partition coefficient (Wildman–Crippen LogP) is 1.03. The largest absolute Gasteiger partial charge is 0.405 e. The predicted molar refractivity (Wildman–Crippen MR) is 38.7 cm³/mol. The van der Waals surface area contributed by atoms with Gasteiger partial charge in [-0.15, -0.1) is 0 Å². The van der Waals surface area contributed by atoms with Gasteiger partial charge in [0, 0.05) is 0 Å². The lowest BCUT2D eigenvalue weighted by Gasteiger charge is -1.81. The normalized spacial score (nSPS) is 11.2. The molecule has 0 aliphatic carbocycles. The van der Waals surface area contributed by atoms with Crippen molar-refractivity contribution in [3.8, 4) is 0 Å². The van der Waals surface area contributed by atoms with Crippen LogP contribution in [0.5, 0.6) is 0 Å². The molecule has 0 aromatic heterocycles. The molecule has 0 fully saturated rings. The van der Waals surface area contributed by atoms with Crippen molar-refractivity contribution in [2.24, 2.45) is 5.73 Å². The van der Waals surface area contributed by atoms with Gasteiger partial charge in [-0.25, -0.2) is 0 Å². The molecule has 0 aromatic rings. The molecule has 0 aliphatic heterocycles. The molecule has 4 nitrogen and oxygen atoms in total. The third-order valence-electron chi connectivity index (χ3n) is 0.863. The fourth-order valence-corrected chi connectivity index (χ4v) is 0.449. The lowest BCUT2D eigenvalue weighted by atomic mass is 10.3. The Balaban J connectivity index is 3.27. The Morgan fingerprint density at radius 3 is 2.50 bits per heavy atom. The van der Waals surface area contributed by atoms with Crippen LogP contribution in [0.4, 0.5) is 0 Å². The first-order valence-electron chi connectivity index (χ1n) is 2.94. The van der Waals surface area contributed by atoms with Crippen molar-refractivity contribution in [2.45, 2.75) is 12.8 Å². The number of rotatable bonds is 4. The van der Waals surface area contributed by atoms with Crippen molar-refractivity contribution in [1.29, 1.82) is 0 Å². The van der Waals surface area contributed by atoms with Crippen molar-refractivity contribution in [3.05, 3.63) is 34.7 Å². The molecule has 0 spiro atoms. The quantitative estimate of drug-likeness (QED) is 0.362. The topological polar surface area (TPSA) is 69.2 Å². The minimum absolute atomic E-state index is 0.480. The molecule has 0 unspecified atom stereocenters. The molecular formula is C6H10N2O2. The number of nitro groups is 1. The van der Waals surface area contributed by atoms with E-state index in [4.69, 9.17) is 5.73 Å². The Morgan fingerprint density at radius 2 is 2.00 bits per heavy atom. The minimum Gasteiger partial charge on any atom is -0.405 e. The Bertz CT molecular complexity index is 152. The number of nitrogens with two attached hydrogens (primary N) is 1. The molecule has 0 saturated heterocycles. The molecule has 0 heterocycles. The fraction of sp³-hybridized carbons (Fsp3) is 0.333. The second kappa shape index (κ2) is 5.81. The maximum atomic E-state index is 9.71. The second-order valence-corrected chi connectivity index (χ2v) is 1.68. The minimum atomic E-state index is -0.480. The zero-order valence-electron chi connectivity index (χ0n) is 5.56. The summed E-state index contributed by atoms with van der Waals surface area (Å²) in [4.78, 5) is 9.23. The van der Waals surface area contributed by atoms with E-state index < -0.39 is 4.92 Å². The molecule has 2 N–H and O–H groups in total. The van der Waals surface area contributed by atoms with Crippen molar-refractivity contribution in [1.82, 2.24) is 0 Å². The van der Waals surface area contributed by atoms with E-state index in [9.17, 15) is 10.1 Å². The molecule has 4 heteroatoms. The Kier molecular flexibility index (Phi) is 5.04. The second-order valence-electron chi connectivity index (χ2n) is 1.68. The van der Waals surface area contributed by atoms with E-state index in [1.807, 2.05) is 0 Å². The van der Waals surface area contributed by atoms with Gasteiger partial charge in [-0.1, -0.05) is 6.08 Å². The van der Waals surface area contributed by atoms with E-state index in [2.05, 4.69) is 0 Å². The van der Waals surface area contributed by atoms with Gasteiger partial charge in [0.25, 0.3) is 0 Å². The summed E-state index contributed by atoms with van der Waals surface area (Å²) < 4.78 is 0. The number of unbranched alkanes of at least 4 members (excludes halogenated alkanes) is 1. The smallest absolute Gasteiger partial charge is 0.230 e. The van der Waals surface area contributed by atoms with Crippen LogP contribution < -0.4 is 5.73 Å². The summed E-state index contributed by atoms with van der Waals surface area (Å²) in [5.41, 5.74) is 5.03. The van der Waals surface area contributed by atoms with Crippen molar-refractivity contribution < 1.29 is 4.92 Å². The summed E-state index contributed by atoms with van der Waals surface area (Å²) in [7, 11) is 0. The molecule has 0 saturated carbocycles. The van der Waals surface area contributed by atoms with Gasteiger partial charge in [-0.05, 0) is 25.1 Å². The van der Waals surface area contributed by atoms with Gasteiger partial charge in [0.05, 0.1) is 4.92 Å².